The maximum absolute atomic E-state index is 14.9. The number of nitrogens with two attached hydrogens (primary N) is 1. The fourth-order valence-corrected chi connectivity index (χ4v) is 12.3. The number of carboxylic acids is 1. The largest absolute Gasteiger partial charge is 0.479 e. The summed E-state index contributed by atoms with van der Waals surface area (Å²) in [6, 6.07) is 5.54. The highest BCUT2D eigenvalue weighted by Crippen LogP contribution is 2.33. The third kappa shape index (κ3) is 24.1. The third-order valence-corrected chi connectivity index (χ3v) is 18.5. The smallest absolute Gasteiger partial charge is 0.410 e. The van der Waals surface area contributed by atoms with Crippen molar-refractivity contribution in [2.24, 2.45) is 41.2 Å². The first-order valence-corrected chi connectivity index (χ1v) is 34.5. The van der Waals surface area contributed by atoms with Crippen molar-refractivity contribution in [1.82, 2.24) is 41.3 Å². The third-order valence-electron chi connectivity index (χ3n) is 18.5. The number of aliphatic hydroxyl groups excluding tert-OH is 4. The summed E-state index contributed by atoms with van der Waals surface area (Å²) in [7, 11) is 4.39. The van der Waals surface area contributed by atoms with Gasteiger partial charge < -0.3 is 91.9 Å². The Bertz CT molecular complexity index is 3080. The van der Waals surface area contributed by atoms with Gasteiger partial charge in [0.2, 0.25) is 47.6 Å². The lowest BCUT2D eigenvalue weighted by atomic mass is 9.89. The first kappa shape index (κ1) is 84.4. The molecule has 0 aromatic heterocycles. The van der Waals surface area contributed by atoms with Crippen LogP contribution in [0.5, 0.6) is 5.75 Å². The van der Waals surface area contributed by atoms with E-state index in [0.717, 1.165) is 11.3 Å². The van der Waals surface area contributed by atoms with E-state index in [1.807, 2.05) is 32.0 Å². The number of aliphatic hydroxyl groups is 4. The molecule has 30 nitrogen and oxygen atoms in total. The fraction of sp³-hybridized carbons (Fsp3) is 0.671. The number of amides is 10. The van der Waals surface area contributed by atoms with Crippen LogP contribution in [-0.2, 0) is 64.0 Å². The minimum absolute atomic E-state index is 0.0350. The molecule has 0 unspecified atom stereocenters. The summed E-state index contributed by atoms with van der Waals surface area (Å²) < 4.78 is 23.2. The van der Waals surface area contributed by atoms with Crippen LogP contribution in [0.15, 0.2) is 48.5 Å². The van der Waals surface area contributed by atoms with Crippen molar-refractivity contribution in [3.05, 3.63) is 59.7 Å². The Hall–Kier alpha value is -8.03. The molecule has 2 aromatic rings. The first-order chi connectivity index (χ1) is 46.9. The van der Waals surface area contributed by atoms with Crippen LogP contribution in [0.4, 0.5) is 15.3 Å². The van der Waals surface area contributed by atoms with E-state index in [1.54, 1.807) is 93.3 Å². The lowest BCUT2D eigenvalue weighted by Crippen LogP contribution is -2.61. The minimum Gasteiger partial charge on any atom is -0.479 e. The molecule has 2 fully saturated rings. The lowest BCUT2D eigenvalue weighted by molar-refractivity contribution is -0.271. The van der Waals surface area contributed by atoms with Gasteiger partial charge in [0.1, 0.15) is 60.6 Å². The van der Waals surface area contributed by atoms with Crippen LogP contribution in [0.1, 0.15) is 158 Å². The van der Waals surface area contributed by atoms with Crippen LogP contribution in [0.3, 0.4) is 0 Å². The quantitative estimate of drug-likeness (QED) is 0.0429. The van der Waals surface area contributed by atoms with Gasteiger partial charge >= 0.3 is 18.1 Å². The van der Waals surface area contributed by atoms with E-state index in [4.69, 9.17) is 24.7 Å². The number of rotatable bonds is 38. The van der Waals surface area contributed by atoms with Crippen molar-refractivity contribution in [3.63, 3.8) is 0 Å². The number of likely N-dealkylation sites (tertiary alicyclic amines) is 1. The first-order valence-electron chi connectivity index (χ1n) is 34.5. The average Bonchev–Trinajstić information content (AvgIpc) is 0.849. The monoisotopic (exact) mass is 1410 g/mol. The van der Waals surface area contributed by atoms with Crippen molar-refractivity contribution < 1.29 is 97.2 Å². The number of carboxylic acid groups (broad SMARTS) is 1. The number of methoxy groups -OCH3 is 1. The second-order valence-electron chi connectivity index (χ2n) is 27.6. The second kappa shape index (κ2) is 39.8. The van der Waals surface area contributed by atoms with Gasteiger partial charge in [0.05, 0.1) is 36.4 Å². The molecule has 0 aliphatic carbocycles. The number of likely N-dealkylation sites (N-methyl/N-ethyl adjacent to an activating group) is 2. The van der Waals surface area contributed by atoms with Crippen LogP contribution in [0.2, 0.25) is 0 Å². The summed E-state index contributed by atoms with van der Waals surface area (Å²) in [4.78, 5) is 153. The van der Waals surface area contributed by atoms with Crippen molar-refractivity contribution in [2.75, 3.05) is 39.6 Å². The number of carbonyl (C=O) groups is 11. The molecule has 10 amide bonds. The highest BCUT2D eigenvalue weighted by Gasteiger charge is 2.49. The standard InChI is InChI=1S/C70H110N10O20/c1-16-40(10)56(50(97-15)34-52(83)80-31-21-24-45(80)32-41(11)62(88)73-42(12)57(84)44-22-18-17-19-23-44)78(13)66(92)54(38(6)7)77-65(91)55(39(8)9)79(14)70(96)98-35-43-26-27-46(49(33-43)99-68-60(87)58(85)59(86)61(100-68)67(93)94)74-63(89)47(25-20-30-72-69(71)95)75-64(90)53(37(4)5)76-51(82)29-28-48(81)36(2)3/h17-19,22-23,26-27,33,36-42,45,47,50,53-61,68,84-87H,16,20-21,24-25,28-32,34-35H2,1-15H3,(H,73,88)(H,74,89)(H,75,90)(H,76,82)(H,77,91)(H,93,94)(H3,71,72,95)/t40-,41+,42+,45-,47-,50+,53-,54-,55-,56-,57+,58-,59-,60+,61-,68+/m0/s1. The number of hydrogen-bond acceptors (Lipinski definition) is 19. The van der Waals surface area contributed by atoms with Crippen LogP contribution in [-0.4, -0.2) is 219 Å². The van der Waals surface area contributed by atoms with Crippen LogP contribution in [0, 0.1) is 35.5 Å². The molecule has 560 valence electrons. The highest BCUT2D eigenvalue weighted by molar-refractivity contribution is 5.99. The zero-order valence-electron chi connectivity index (χ0n) is 60.4. The van der Waals surface area contributed by atoms with Gasteiger partial charge in [-0.15, -0.1) is 0 Å². The van der Waals surface area contributed by atoms with Crippen molar-refractivity contribution >= 4 is 70.9 Å². The number of urea groups is 1. The Balaban J connectivity index is 1.56. The number of hydrogen-bond donors (Lipinski definition) is 12. The maximum atomic E-state index is 14.9. The summed E-state index contributed by atoms with van der Waals surface area (Å²) in [6.45, 7) is 20.8. The van der Waals surface area contributed by atoms with Crippen LogP contribution in [0.25, 0.3) is 0 Å². The summed E-state index contributed by atoms with van der Waals surface area (Å²) in [5, 5.41) is 69.0. The number of aliphatic carboxylic acids is 1. The maximum Gasteiger partial charge on any atom is 0.410 e. The minimum atomic E-state index is -2.12. The number of Topliss-reactive ketones (excluding diaryl/α,β-unsaturated/α-hetero) is 1. The number of nitrogens with one attached hydrogen (secondary N) is 6. The fourth-order valence-electron chi connectivity index (χ4n) is 12.3. The Morgan fingerprint density at radius 3 is 1.98 bits per heavy atom. The molecule has 0 radical (unpaired) electrons. The number of ether oxygens (including phenoxy) is 4. The molecular formula is C70H110N10O20. The molecule has 100 heavy (non-hydrogen) atoms. The zero-order valence-corrected chi connectivity index (χ0v) is 60.4. The molecule has 2 aliphatic rings. The summed E-state index contributed by atoms with van der Waals surface area (Å²) >= 11 is 0. The number of anilines is 1. The molecule has 0 bridgehead atoms. The van der Waals surface area contributed by atoms with Crippen molar-refractivity contribution in [3.8, 4) is 5.75 Å². The number of nitrogens with zero attached hydrogens (tertiary/aromatic N) is 3. The van der Waals surface area contributed by atoms with Crippen molar-refractivity contribution in [1.29, 1.82) is 0 Å². The molecule has 30 heteroatoms. The molecule has 13 N–H and O–H groups in total. The van der Waals surface area contributed by atoms with E-state index < -0.39 is 157 Å². The normalized spacial score (nSPS) is 20.6. The average molecular weight is 1410 g/mol. The predicted molar refractivity (Wildman–Crippen MR) is 367 cm³/mol. The number of primary amides is 1. The van der Waals surface area contributed by atoms with E-state index in [9.17, 15) is 78.3 Å². The van der Waals surface area contributed by atoms with E-state index in [2.05, 4.69) is 31.9 Å². The second-order valence-corrected chi connectivity index (χ2v) is 27.6. The molecule has 0 spiro atoms. The Morgan fingerprint density at radius 1 is 0.750 bits per heavy atom. The molecule has 2 saturated heterocycles. The van der Waals surface area contributed by atoms with Gasteiger partial charge in [-0.05, 0) is 86.0 Å². The molecule has 16 atom stereocenters. The van der Waals surface area contributed by atoms with Gasteiger partial charge in [-0.3, -0.25) is 43.3 Å². The molecule has 2 heterocycles. The molecule has 4 rings (SSSR count). The summed E-state index contributed by atoms with van der Waals surface area (Å²) in [5.41, 5.74) is 5.84. The molecule has 2 aromatic carbocycles. The highest BCUT2D eigenvalue weighted by atomic mass is 16.7. The van der Waals surface area contributed by atoms with Gasteiger partial charge in [-0.2, -0.15) is 0 Å². The Labute approximate surface area is 586 Å². The summed E-state index contributed by atoms with van der Waals surface area (Å²) in [6.07, 6.45) is -11.3. The van der Waals surface area contributed by atoms with Crippen molar-refractivity contribution in [2.45, 2.75) is 233 Å². The van der Waals surface area contributed by atoms with E-state index in [1.165, 1.54) is 37.3 Å². The Morgan fingerprint density at radius 2 is 1.40 bits per heavy atom. The molecule has 2 aliphatic heterocycles. The van der Waals surface area contributed by atoms with E-state index in [-0.39, 0.29) is 91.1 Å². The zero-order chi connectivity index (χ0) is 75.2. The SMILES string of the molecule is CC[C@H](C)[C@@H]([C@@H](CC(=O)N1CCC[C@H]1C[C@@H](C)C(=O)N[C@H](C)[C@@H](O)c1ccccc1)OC)N(C)C(=O)[C@@H](NC(=O)[C@H](C(C)C)N(C)C(=O)OCc1ccc(NC(=O)[C@H](CCCNC(N)=O)NC(=O)[C@@H](NC(=O)CCC(=O)C(C)C)C(C)C)c(O[C@@H]2O[C@H](C(=O)O)[C@@H](O)[C@H](O)[C@H]2O)c1)C(C)C. The topological polar surface area (TPSA) is 434 Å². The number of benzene rings is 2. The van der Waals surface area contributed by atoms with Crippen LogP contribution < -0.4 is 42.4 Å². The molecule has 0 saturated carbocycles. The van der Waals surface area contributed by atoms with Gasteiger partial charge in [0, 0.05) is 65.0 Å². The lowest BCUT2D eigenvalue weighted by Gasteiger charge is -2.40. The summed E-state index contributed by atoms with van der Waals surface area (Å²) in [5.74, 6) is -8.84. The number of carbonyl (C=O) groups excluding carboxylic acids is 10. The van der Waals surface area contributed by atoms with E-state index in [0.29, 0.717) is 31.4 Å². The predicted octanol–water partition coefficient (Wildman–Crippen LogP) is 3.24. The number of ketones is 1. The van der Waals surface area contributed by atoms with Gasteiger partial charge in [-0.1, -0.05) is 119 Å². The van der Waals surface area contributed by atoms with Crippen LogP contribution >= 0.6 is 0 Å². The molecular weight excluding hydrogens is 1300 g/mol. The van der Waals surface area contributed by atoms with E-state index >= 15 is 0 Å². The van der Waals surface area contributed by atoms with Gasteiger partial charge in [0.15, 0.2) is 6.10 Å². The Kier molecular flexibility index (Phi) is 33.6. The van der Waals surface area contributed by atoms with Gasteiger partial charge in [-0.25, -0.2) is 14.4 Å². The van der Waals surface area contributed by atoms with Gasteiger partial charge in [0.25, 0.3) is 0 Å².